The van der Waals surface area contributed by atoms with Crippen molar-refractivity contribution in [3.63, 3.8) is 0 Å². The van der Waals surface area contributed by atoms with Crippen LogP contribution < -0.4 is 0 Å². The van der Waals surface area contributed by atoms with Crippen LogP contribution in [0.3, 0.4) is 0 Å². The number of hydrogen-bond acceptors (Lipinski definition) is 2. The molecular weight excluding hydrogens is 713 g/mol. The maximum Gasteiger partial charge on any atom is 0.160 e. The second-order valence-corrected chi connectivity index (χ2v) is 16.1. The van der Waals surface area contributed by atoms with Crippen LogP contribution in [0.4, 0.5) is 0 Å². The summed E-state index contributed by atoms with van der Waals surface area (Å²) in [6, 6.07) is 74.2. The van der Waals surface area contributed by atoms with E-state index in [2.05, 4.69) is 202 Å². The Kier molecular flexibility index (Phi) is 8.20. The zero-order valence-electron chi connectivity index (χ0n) is 33.0. The van der Waals surface area contributed by atoms with Crippen molar-refractivity contribution < 1.29 is 0 Å². The minimum Gasteiger partial charge on any atom is -0.228 e. The van der Waals surface area contributed by atoms with Gasteiger partial charge < -0.3 is 0 Å². The Hall–Kier alpha value is -7.42. The maximum absolute atomic E-state index is 5.24. The Bertz CT molecular complexity index is 3220. The molecule has 0 spiro atoms. The van der Waals surface area contributed by atoms with E-state index < -0.39 is 0 Å². The molecule has 0 aliphatic heterocycles. The van der Waals surface area contributed by atoms with Crippen molar-refractivity contribution in [1.29, 1.82) is 0 Å². The van der Waals surface area contributed by atoms with Crippen LogP contribution in [0.2, 0.25) is 0 Å². The van der Waals surface area contributed by atoms with Crippen LogP contribution in [-0.4, -0.2) is 9.97 Å². The van der Waals surface area contributed by atoms with Gasteiger partial charge in [0, 0.05) is 22.1 Å². The lowest BCUT2D eigenvalue weighted by molar-refractivity contribution is 0.668. The Balaban J connectivity index is 1.02. The summed E-state index contributed by atoms with van der Waals surface area (Å²) in [6.45, 7) is 4.79. The topological polar surface area (TPSA) is 25.8 Å². The van der Waals surface area contributed by atoms with E-state index in [4.69, 9.17) is 9.97 Å². The van der Waals surface area contributed by atoms with Crippen molar-refractivity contribution >= 4 is 21.5 Å². The normalized spacial score (nSPS) is 12.7. The summed E-state index contributed by atoms with van der Waals surface area (Å²) in [7, 11) is 0. The molecule has 0 N–H and O–H groups in total. The van der Waals surface area contributed by atoms with Gasteiger partial charge in [0.15, 0.2) is 5.82 Å². The largest absolute Gasteiger partial charge is 0.228 e. The second kappa shape index (κ2) is 13.9. The van der Waals surface area contributed by atoms with Crippen LogP contribution in [0.1, 0.15) is 25.0 Å². The average molecular weight is 753 g/mol. The van der Waals surface area contributed by atoms with Gasteiger partial charge in [-0.25, -0.2) is 9.97 Å². The van der Waals surface area contributed by atoms with Gasteiger partial charge in [-0.3, -0.25) is 0 Å². The van der Waals surface area contributed by atoms with Crippen molar-refractivity contribution in [2.75, 3.05) is 0 Å². The second-order valence-electron chi connectivity index (χ2n) is 16.1. The molecule has 0 amide bonds. The van der Waals surface area contributed by atoms with Crippen LogP contribution in [0.25, 0.3) is 100.0 Å². The molecule has 2 nitrogen and oxygen atoms in total. The molecule has 10 aromatic rings. The molecular formula is C57H40N2. The van der Waals surface area contributed by atoms with Crippen LogP contribution in [0.5, 0.6) is 0 Å². The number of aromatic nitrogens is 2. The van der Waals surface area contributed by atoms with Gasteiger partial charge in [0.05, 0.1) is 11.4 Å². The zero-order chi connectivity index (χ0) is 39.5. The number of hydrogen-bond donors (Lipinski definition) is 0. The van der Waals surface area contributed by atoms with Gasteiger partial charge in [0.2, 0.25) is 0 Å². The van der Waals surface area contributed by atoms with Gasteiger partial charge in [-0.2, -0.15) is 0 Å². The first-order chi connectivity index (χ1) is 29.0. The molecule has 0 radical (unpaired) electrons. The fourth-order valence-corrected chi connectivity index (χ4v) is 9.53. The predicted molar refractivity (Wildman–Crippen MR) is 247 cm³/mol. The molecule has 1 aliphatic rings. The highest BCUT2D eigenvalue weighted by Gasteiger charge is 2.38. The molecule has 0 fully saturated rings. The van der Waals surface area contributed by atoms with E-state index >= 15 is 0 Å². The molecule has 59 heavy (non-hydrogen) atoms. The highest BCUT2D eigenvalue weighted by Crippen LogP contribution is 2.54. The first-order valence-corrected chi connectivity index (χ1v) is 20.4. The van der Waals surface area contributed by atoms with E-state index in [0.717, 1.165) is 33.5 Å². The van der Waals surface area contributed by atoms with Crippen LogP contribution in [0.15, 0.2) is 206 Å². The average Bonchev–Trinajstić information content (AvgIpc) is 3.55. The van der Waals surface area contributed by atoms with E-state index in [1.54, 1.807) is 0 Å². The lowest BCUT2D eigenvalue weighted by atomic mass is 9.77. The van der Waals surface area contributed by atoms with Crippen molar-refractivity contribution in [3.8, 4) is 78.4 Å². The first-order valence-electron chi connectivity index (χ1n) is 20.4. The molecule has 1 heterocycles. The van der Waals surface area contributed by atoms with Crippen molar-refractivity contribution in [1.82, 2.24) is 9.97 Å². The molecule has 9 aromatic carbocycles. The predicted octanol–water partition coefficient (Wildman–Crippen LogP) is 15.1. The van der Waals surface area contributed by atoms with E-state index in [9.17, 15) is 0 Å². The zero-order valence-corrected chi connectivity index (χ0v) is 33.0. The van der Waals surface area contributed by atoms with Crippen LogP contribution in [-0.2, 0) is 5.41 Å². The number of fused-ring (bicyclic) bond motifs is 6. The lowest BCUT2D eigenvalue weighted by Crippen LogP contribution is -2.16. The molecule has 0 bridgehead atoms. The van der Waals surface area contributed by atoms with E-state index in [1.807, 2.05) is 18.2 Å². The van der Waals surface area contributed by atoms with Gasteiger partial charge in [0.1, 0.15) is 0 Å². The highest BCUT2D eigenvalue weighted by atomic mass is 14.9. The number of benzene rings is 9. The van der Waals surface area contributed by atoms with E-state index in [-0.39, 0.29) is 5.41 Å². The quantitative estimate of drug-likeness (QED) is 0.169. The van der Waals surface area contributed by atoms with Crippen molar-refractivity contribution in [2.24, 2.45) is 0 Å². The highest BCUT2D eigenvalue weighted by molar-refractivity contribution is 6.05. The van der Waals surface area contributed by atoms with Gasteiger partial charge in [-0.15, -0.1) is 0 Å². The Morgan fingerprint density at radius 1 is 0.305 bits per heavy atom. The molecule has 0 saturated carbocycles. The fourth-order valence-electron chi connectivity index (χ4n) is 9.53. The van der Waals surface area contributed by atoms with Gasteiger partial charge in [-0.1, -0.05) is 208 Å². The standard InChI is InChI=1S/C57H40N2/c1-57(2)54-45-22-10-9-17-39(45)31-32-51(54)50-26-14-25-46(55(50)57)43-21-13-20-42(35-43)44-33-34-49(48-24-12-11-23-47(44)48)53-36-52(58-56(59-53)41-18-7-4-8-19-41)40-29-27-38(28-30-40)37-15-5-3-6-16-37/h3-36H,1-2H3. The molecule has 11 rings (SSSR count). The summed E-state index contributed by atoms with van der Waals surface area (Å²) < 4.78 is 0. The molecule has 0 saturated heterocycles. The van der Waals surface area contributed by atoms with E-state index in [1.165, 1.54) is 71.8 Å². The molecule has 0 unspecified atom stereocenters. The summed E-state index contributed by atoms with van der Waals surface area (Å²) in [6.07, 6.45) is 0. The molecule has 1 aromatic heterocycles. The maximum atomic E-state index is 5.24. The summed E-state index contributed by atoms with van der Waals surface area (Å²) in [5.74, 6) is 0.708. The first kappa shape index (κ1) is 34.8. The third-order valence-corrected chi connectivity index (χ3v) is 12.3. The fraction of sp³-hybridized carbons (Fsp3) is 0.0526. The molecule has 2 heteroatoms. The lowest BCUT2D eigenvalue weighted by Gasteiger charge is -2.26. The summed E-state index contributed by atoms with van der Waals surface area (Å²) in [4.78, 5) is 10.4. The summed E-state index contributed by atoms with van der Waals surface area (Å²) in [5, 5.41) is 4.97. The minimum atomic E-state index is -0.161. The third-order valence-electron chi connectivity index (χ3n) is 12.3. The van der Waals surface area contributed by atoms with Gasteiger partial charge >= 0.3 is 0 Å². The monoisotopic (exact) mass is 752 g/mol. The van der Waals surface area contributed by atoms with Crippen molar-refractivity contribution in [2.45, 2.75) is 19.3 Å². The van der Waals surface area contributed by atoms with Gasteiger partial charge in [-0.05, 0) is 89.3 Å². The molecule has 1 aliphatic carbocycles. The third kappa shape index (κ3) is 5.87. The Labute approximate surface area is 345 Å². The molecule has 0 atom stereocenters. The summed E-state index contributed by atoms with van der Waals surface area (Å²) >= 11 is 0. The SMILES string of the molecule is CC1(C)c2c(-c3cccc(-c4ccc(-c5cc(-c6ccc(-c7ccccc7)cc6)nc(-c6ccccc6)n5)c5ccccc45)c3)cccc2-c2ccc3ccccc3c21. The Morgan fingerprint density at radius 2 is 0.814 bits per heavy atom. The number of nitrogens with zero attached hydrogens (tertiary/aromatic N) is 2. The van der Waals surface area contributed by atoms with Crippen molar-refractivity contribution in [3.05, 3.63) is 217 Å². The van der Waals surface area contributed by atoms with Crippen LogP contribution >= 0.6 is 0 Å². The molecule has 278 valence electrons. The van der Waals surface area contributed by atoms with E-state index in [0.29, 0.717) is 5.82 Å². The Morgan fingerprint density at radius 3 is 1.58 bits per heavy atom. The van der Waals surface area contributed by atoms with Gasteiger partial charge in [0.25, 0.3) is 0 Å². The minimum absolute atomic E-state index is 0.161. The van der Waals surface area contributed by atoms with Crippen LogP contribution in [0, 0.1) is 0 Å². The summed E-state index contributed by atoms with van der Waals surface area (Å²) in [5.41, 5.74) is 17.5. The number of rotatable bonds is 6. The smallest absolute Gasteiger partial charge is 0.160 e.